The Bertz CT molecular complexity index is 460. The average molecular weight is 205 g/mol. The van der Waals surface area contributed by atoms with E-state index < -0.39 is 0 Å². The van der Waals surface area contributed by atoms with Crippen LogP contribution >= 0.6 is 0 Å². The first-order chi connectivity index (χ1) is 7.16. The van der Waals surface area contributed by atoms with E-state index in [2.05, 4.69) is 0 Å². The molecule has 78 valence electrons. The van der Waals surface area contributed by atoms with E-state index in [9.17, 15) is 9.59 Å². The molecule has 1 saturated heterocycles. The topological polar surface area (TPSA) is 50.5 Å². The molecule has 0 unspecified atom stereocenters. The highest BCUT2D eigenvalue weighted by Gasteiger charge is 2.42. The number of amides is 1. The minimum Gasteiger partial charge on any atom is -0.464 e. The first-order valence-corrected chi connectivity index (χ1v) is 5.10. The molecule has 3 heterocycles. The fraction of sp³-hybridized carbons (Fsp3) is 0.455. The summed E-state index contributed by atoms with van der Waals surface area (Å²) >= 11 is 0. The van der Waals surface area contributed by atoms with Crippen LogP contribution in [0.5, 0.6) is 0 Å². The third kappa shape index (κ3) is 1.07. The second-order valence-corrected chi connectivity index (χ2v) is 4.13. The van der Waals surface area contributed by atoms with Crippen molar-refractivity contribution >= 4 is 11.7 Å². The minimum absolute atomic E-state index is 0.0407. The molecular weight excluding hydrogens is 194 g/mol. The van der Waals surface area contributed by atoms with Gasteiger partial charge in [-0.1, -0.05) is 0 Å². The lowest BCUT2D eigenvalue weighted by atomic mass is 9.98. The highest BCUT2D eigenvalue weighted by atomic mass is 16.3. The van der Waals surface area contributed by atoms with Crippen LogP contribution in [-0.4, -0.2) is 22.6 Å². The second-order valence-electron chi connectivity index (χ2n) is 4.13. The van der Waals surface area contributed by atoms with Gasteiger partial charge in [0, 0.05) is 6.42 Å². The van der Waals surface area contributed by atoms with E-state index >= 15 is 0 Å². The molecule has 15 heavy (non-hydrogen) atoms. The fourth-order valence-electron chi connectivity index (χ4n) is 2.43. The number of hydrogen-bond donors (Lipinski definition) is 0. The molecule has 0 N–H and O–H groups in total. The molecule has 4 heteroatoms. The quantitative estimate of drug-likeness (QED) is 0.641. The van der Waals surface area contributed by atoms with Gasteiger partial charge < -0.3 is 9.32 Å². The van der Waals surface area contributed by atoms with E-state index in [1.54, 1.807) is 11.0 Å². The summed E-state index contributed by atoms with van der Waals surface area (Å²) in [5.74, 6) is 1.48. The summed E-state index contributed by atoms with van der Waals surface area (Å²) in [5, 5.41) is 0. The van der Waals surface area contributed by atoms with Gasteiger partial charge in [0.2, 0.25) is 5.91 Å². The summed E-state index contributed by atoms with van der Waals surface area (Å²) in [4.78, 5) is 25.1. The van der Waals surface area contributed by atoms with Crippen molar-refractivity contribution in [2.75, 3.05) is 0 Å². The van der Waals surface area contributed by atoms with Crippen molar-refractivity contribution in [1.29, 1.82) is 0 Å². The molecule has 1 aromatic heterocycles. The van der Waals surface area contributed by atoms with Crippen molar-refractivity contribution in [2.24, 2.45) is 0 Å². The van der Waals surface area contributed by atoms with Crippen molar-refractivity contribution in [2.45, 2.75) is 32.4 Å². The van der Waals surface area contributed by atoms with Crippen LogP contribution in [0.4, 0.5) is 0 Å². The molecule has 1 amide bonds. The number of fused-ring (bicyclic) bond motifs is 2. The van der Waals surface area contributed by atoms with Gasteiger partial charge in [-0.3, -0.25) is 9.59 Å². The third-order valence-corrected chi connectivity index (χ3v) is 3.14. The van der Waals surface area contributed by atoms with Crippen LogP contribution in [0.25, 0.3) is 0 Å². The molecule has 0 bridgehead atoms. The van der Waals surface area contributed by atoms with Crippen LogP contribution in [0, 0.1) is 6.92 Å². The Morgan fingerprint density at radius 1 is 1.47 bits per heavy atom. The van der Waals surface area contributed by atoms with Crippen molar-refractivity contribution < 1.29 is 14.0 Å². The molecule has 2 aliphatic rings. The Labute approximate surface area is 86.9 Å². The maximum Gasteiger partial charge on any atom is 0.223 e. The number of nitrogens with zero attached hydrogens (tertiary/aromatic N) is 1. The van der Waals surface area contributed by atoms with Crippen molar-refractivity contribution in [3.8, 4) is 0 Å². The number of hydrogen-bond acceptors (Lipinski definition) is 3. The molecule has 0 spiro atoms. The summed E-state index contributed by atoms with van der Waals surface area (Å²) in [7, 11) is 0. The maximum absolute atomic E-state index is 12.0. The van der Waals surface area contributed by atoms with Crippen LogP contribution in [0.3, 0.4) is 0 Å². The largest absolute Gasteiger partial charge is 0.464 e. The van der Waals surface area contributed by atoms with Gasteiger partial charge in [0.05, 0.1) is 18.2 Å². The summed E-state index contributed by atoms with van der Waals surface area (Å²) < 4.78 is 5.42. The Morgan fingerprint density at radius 2 is 2.27 bits per heavy atom. The summed E-state index contributed by atoms with van der Waals surface area (Å²) in [6.45, 7) is 2.27. The zero-order valence-electron chi connectivity index (χ0n) is 8.45. The van der Waals surface area contributed by atoms with Gasteiger partial charge in [0.15, 0.2) is 5.78 Å². The molecule has 1 fully saturated rings. The zero-order valence-corrected chi connectivity index (χ0v) is 8.45. The standard InChI is InChI=1S/C11H11NO3/c1-6-4-7-9(15-6)5-12-8(11(7)14)2-3-10(12)13/h4,8H,2-3,5H2,1H3/t8-/m0/s1. The number of carbonyl (C=O) groups is 2. The van der Waals surface area contributed by atoms with Crippen molar-refractivity contribution in [3.63, 3.8) is 0 Å². The van der Waals surface area contributed by atoms with Gasteiger partial charge in [-0.05, 0) is 19.4 Å². The lowest BCUT2D eigenvalue weighted by molar-refractivity contribution is -0.129. The number of carbonyl (C=O) groups excluding carboxylic acids is 2. The third-order valence-electron chi connectivity index (χ3n) is 3.14. The van der Waals surface area contributed by atoms with E-state index in [1.807, 2.05) is 6.92 Å². The Kier molecular flexibility index (Phi) is 1.58. The number of ketones is 1. The van der Waals surface area contributed by atoms with Gasteiger partial charge in [-0.25, -0.2) is 0 Å². The van der Waals surface area contributed by atoms with E-state index in [0.717, 1.165) is 5.76 Å². The normalized spacial score (nSPS) is 24.3. The number of aryl methyl sites for hydroxylation is 1. The van der Waals surface area contributed by atoms with Crippen molar-refractivity contribution in [1.82, 2.24) is 4.90 Å². The first-order valence-electron chi connectivity index (χ1n) is 5.10. The van der Waals surface area contributed by atoms with Gasteiger partial charge in [-0.2, -0.15) is 0 Å². The zero-order chi connectivity index (χ0) is 10.6. The number of Topliss-reactive ketones (excluding diaryl/α,β-unsaturated/α-hetero) is 1. The molecule has 3 rings (SSSR count). The van der Waals surface area contributed by atoms with Crippen LogP contribution < -0.4 is 0 Å². The first kappa shape index (κ1) is 8.71. The predicted octanol–water partition coefficient (Wildman–Crippen LogP) is 1.28. The highest BCUT2D eigenvalue weighted by Crippen LogP contribution is 2.32. The number of furan rings is 1. The summed E-state index contributed by atoms with van der Waals surface area (Å²) in [6.07, 6.45) is 1.14. The monoisotopic (exact) mass is 205 g/mol. The number of rotatable bonds is 0. The highest BCUT2D eigenvalue weighted by molar-refractivity contribution is 6.05. The smallest absolute Gasteiger partial charge is 0.223 e. The molecule has 4 nitrogen and oxygen atoms in total. The van der Waals surface area contributed by atoms with Crippen LogP contribution in [-0.2, 0) is 11.3 Å². The van der Waals surface area contributed by atoms with E-state index in [4.69, 9.17) is 4.42 Å². The van der Waals surface area contributed by atoms with Crippen LogP contribution in [0.2, 0.25) is 0 Å². The molecule has 1 aromatic rings. The summed E-state index contributed by atoms with van der Waals surface area (Å²) in [6, 6.07) is 1.54. The summed E-state index contributed by atoms with van der Waals surface area (Å²) in [5.41, 5.74) is 0.670. The lowest BCUT2D eigenvalue weighted by Crippen LogP contribution is -2.41. The van der Waals surface area contributed by atoms with Crippen LogP contribution in [0.1, 0.15) is 34.7 Å². The lowest BCUT2D eigenvalue weighted by Gasteiger charge is -2.27. The van der Waals surface area contributed by atoms with Crippen molar-refractivity contribution in [3.05, 3.63) is 23.2 Å². The Morgan fingerprint density at radius 3 is 3.07 bits per heavy atom. The van der Waals surface area contributed by atoms with Crippen LogP contribution in [0.15, 0.2) is 10.5 Å². The van der Waals surface area contributed by atoms with Gasteiger partial charge in [0.1, 0.15) is 11.5 Å². The molecular formula is C11H11NO3. The van der Waals surface area contributed by atoms with E-state index in [-0.39, 0.29) is 17.7 Å². The SMILES string of the molecule is Cc1cc2c(o1)CN1C(=O)CC[C@H]1C2=O. The maximum atomic E-state index is 12.0. The average Bonchev–Trinajstić information content (AvgIpc) is 2.72. The van der Waals surface area contributed by atoms with Gasteiger partial charge in [0.25, 0.3) is 0 Å². The Balaban J connectivity index is 2.09. The molecule has 2 aliphatic heterocycles. The molecule has 0 aliphatic carbocycles. The van der Waals surface area contributed by atoms with Gasteiger partial charge >= 0.3 is 0 Å². The molecule has 0 aromatic carbocycles. The minimum atomic E-state index is -0.234. The molecule has 0 saturated carbocycles. The second kappa shape index (κ2) is 2.72. The predicted molar refractivity (Wildman–Crippen MR) is 51.3 cm³/mol. The van der Waals surface area contributed by atoms with Gasteiger partial charge in [-0.15, -0.1) is 0 Å². The Hall–Kier alpha value is -1.58. The van der Waals surface area contributed by atoms with E-state index in [1.165, 1.54) is 0 Å². The van der Waals surface area contributed by atoms with E-state index in [0.29, 0.717) is 30.7 Å². The molecule has 0 radical (unpaired) electrons. The molecule has 1 atom stereocenters. The fourth-order valence-corrected chi connectivity index (χ4v) is 2.43.